The molecule has 6 heteroatoms. The third-order valence-corrected chi connectivity index (χ3v) is 5.38. The average molecular weight is 238 g/mol. The van der Waals surface area contributed by atoms with Crippen LogP contribution in [0.15, 0.2) is 0 Å². The second kappa shape index (κ2) is 3.68. The highest BCUT2D eigenvalue weighted by atomic mass is 32.2. The number of halogens is 1. The van der Waals surface area contributed by atoms with Crippen molar-refractivity contribution >= 4 is 9.84 Å². The molecule has 2 rings (SSSR count). The first-order valence-corrected chi connectivity index (χ1v) is 7.11. The van der Waals surface area contributed by atoms with Crippen LogP contribution in [0.5, 0.6) is 0 Å². The minimum atomic E-state index is -2.92. The molecule has 4 nitrogen and oxygen atoms in total. The minimum Gasteiger partial charge on any atom is -0.390 e. The van der Waals surface area contributed by atoms with Crippen LogP contribution in [0.3, 0.4) is 0 Å². The topological polar surface area (TPSA) is 54.4 Å². The Bertz CT molecular complexity index is 329. The second-order valence-corrected chi connectivity index (χ2v) is 6.97. The van der Waals surface area contributed by atoms with Gasteiger partial charge in [-0.25, -0.2) is 12.8 Å². The number of alkyl halides is 1. The Labute approximate surface area is 89.2 Å². The third-order valence-electron chi connectivity index (χ3n) is 3.77. The van der Waals surface area contributed by atoms with Crippen molar-refractivity contribution in [3.8, 4) is 0 Å². The van der Waals surface area contributed by atoms with Gasteiger partial charge in [0.25, 0.3) is 0 Å². The summed E-state index contributed by atoms with van der Waals surface area (Å²) in [7, 11) is -2.92. The number of aliphatic hydroxyl groups excluding tert-OH is 1. The number of hydrogen-bond acceptors (Lipinski definition) is 3. The number of quaternary nitrogens is 1. The number of rotatable bonds is 1. The fourth-order valence-electron chi connectivity index (χ4n) is 2.79. The summed E-state index contributed by atoms with van der Waals surface area (Å²) >= 11 is 0. The molecule has 2 atom stereocenters. The first-order chi connectivity index (χ1) is 6.97. The lowest BCUT2D eigenvalue weighted by atomic mass is 10.2. The molecule has 88 valence electrons. The van der Waals surface area contributed by atoms with Crippen LogP contribution in [0.4, 0.5) is 4.39 Å². The van der Waals surface area contributed by atoms with Crippen molar-refractivity contribution < 1.29 is 22.4 Å². The molecule has 2 saturated heterocycles. The molecule has 2 aliphatic heterocycles. The molecule has 0 aromatic heterocycles. The molecule has 0 radical (unpaired) electrons. The molecular formula is C9H17FNO3S+. The van der Waals surface area contributed by atoms with E-state index in [0.717, 1.165) is 0 Å². The van der Waals surface area contributed by atoms with Crippen LogP contribution >= 0.6 is 0 Å². The summed E-state index contributed by atoms with van der Waals surface area (Å²) < 4.78 is 36.4. The highest BCUT2D eigenvalue weighted by Crippen LogP contribution is 2.31. The summed E-state index contributed by atoms with van der Waals surface area (Å²) in [6, 6.07) is -0.101. The van der Waals surface area contributed by atoms with E-state index in [1.807, 2.05) is 0 Å². The Balaban J connectivity index is 2.14. The number of aliphatic hydroxyl groups is 1. The van der Waals surface area contributed by atoms with Crippen LogP contribution in [0.25, 0.3) is 0 Å². The minimum absolute atomic E-state index is 0.0412. The predicted molar refractivity (Wildman–Crippen MR) is 53.9 cm³/mol. The van der Waals surface area contributed by atoms with E-state index in [9.17, 15) is 17.9 Å². The summed E-state index contributed by atoms with van der Waals surface area (Å²) in [6.07, 6.45) is -0.515. The standard InChI is InChI=1S/C9H17FNO3S/c10-8-5-9(7-12)11(6-8)1-3-15(13,14)4-2-11/h8-9,12H,1-7H2/q+1. The Kier molecular flexibility index (Phi) is 2.77. The molecular weight excluding hydrogens is 221 g/mol. The van der Waals surface area contributed by atoms with Gasteiger partial charge in [-0.1, -0.05) is 0 Å². The van der Waals surface area contributed by atoms with Gasteiger partial charge in [0.2, 0.25) is 0 Å². The van der Waals surface area contributed by atoms with Crippen molar-refractivity contribution in [2.45, 2.75) is 18.6 Å². The van der Waals surface area contributed by atoms with Crippen LogP contribution in [0, 0.1) is 0 Å². The van der Waals surface area contributed by atoms with E-state index >= 15 is 0 Å². The zero-order valence-corrected chi connectivity index (χ0v) is 9.42. The van der Waals surface area contributed by atoms with Crippen molar-refractivity contribution in [3.63, 3.8) is 0 Å². The van der Waals surface area contributed by atoms with E-state index in [1.165, 1.54) is 0 Å². The lowest BCUT2D eigenvalue weighted by Gasteiger charge is -2.41. The molecule has 15 heavy (non-hydrogen) atoms. The van der Waals surface area contributed by atoms with E-state index in [-0.39, 0.29) is 24.2 Å². The molecule has 1 spiro atoms. The lowest BCUT2D eigenvalue weighted by molar-refractivity contribution is -0.937. The van der Waals surface area contributed by atoms with Gasteiger partial charge in [0, 0.05) is 6.42 Å². The zero-order valence-electron chi connectivity index (χ0n) is 8.60. The van der Waals surface area contributed by atoms with E-state index in [4.69, 9.17) is 0 Å². The van der Waals surface area contributed by atoms with Gasteiger partial charge in [-0.05, 0) is 0 Å². The van der Waals surface area contributed by atoms with Crippen LogP contribution in [-0.2, 0) is 9.84 Å². The van der Waals surface area contributed by atoms with Crippen LogP contribution in [0.2, 0.25) is 0 Å². The number of hydrogen-bond donors (Lipinski definition) is 1. The second-order valence-electron chi connectivity index (χ2n) is 4.67. The summed E-state index contributed by atoms with van der Waals surface area (Å²) in [5.41, 5.74) is 0. The molecule has 0 aliphatic carbocycles. The molecule has 2 fully saturated rings. The summed E-state index contributed by atoms with van der Waals surface area (Å²) in [5, 5.41) is 9.20. The molecule has 2 unspecified atom stereocenters. The number of sulfone groups is 1. The fourth-order valence-corrected chi connectivity index (χ4v) is 4.28. The van der Waals surface area contributed by atoms with Crippen molar-refractivity contribution in [1.29, 1.82) is 0 Å². The number of nitrogens with zero attached hydrogens (tertiary/aromatic N) is 1. The van der Waals surface area contributed by atoms with Crippen LogP contribution in [-0.4, -0.2) is 68.0 Å². The third kappa shape index (κ3) is 2.03. The van der Waals surface area contributed by atoms with Gasteiger partial charge in [-0.3, -0.25) is 0 Å². The first-order valence-electron chi connectivity index (χ1n) is 5.29. The summed E-state index contributed by atoms with van der Waals surface area (Å²) in [4.78, 5) is 0. The smallest absolute Gasteiger partial charge is 0.161 e. The maximum atomic E-state index is 13.3. The normalized spacial score (nSPS) is 38.3. The van der Waals surface area contributed by atoms with E-state index < -0.39 is 16.0 Å². The monoisotopic (exact) mass is 238 g/mol. The zero-order chi connectivity index (χ0) is 11.1. The Morgan fingerprint density at radius 1 is 1.33 bits per heavy atom. The predicted octanol–water partition coefficient (Wildman–Crippen LogP) is -0.666. The van der Waals surface area contributed by atoms with E-state index in [1.54, 1.807) is 0 Å². The van der Waals surface area contributed by atoms with Gasteiger partial charge >= 0.3 is 0 Å². The van der Waals surface area contributed by atoms with Gasteiger partial charge in [-0.15, -0.1) is 0 Å². The lowest BCUT2D eigenvalue weighted by Crippen LogP contribution is -2.60. The van der Waals surface area contributed by atoms with Crippen molar-refractivity contribution in [3.05, 3.63) is 0 Å². The van der Waals surface area contributed by atoms with Crippen molar-refractivity contribution in [2.75, 3.05) is 37.7 Å². The molecule has 0 aromatic rings. The molecule has 0 bridgehead atoms. The molecule has 2 aliphatic rings. The molecule has 2 heterocycles. The Morgan fingerprint density at radius 2 is 1.93 bits per heavy atom. The van der Waals surface area contributed by atoms with Crippen molar-refractivity contribution in [2.24, 2.45) is 0 Å². The van der Waals surface area contributed by atoms with E-state index in [0.29, 0.717) is 30.5 Å². The first kappa shape index (κ1) is 11.3. The summed E-state index contributed by atoms with van der Waals surface area (Å²) in [5.74, 6) is 0.270. The molecule has 1 N–H and O–H groups in total. The molecule has 0 saturated carbocycles. The summed E-state index contributed by atoms with van der Waals surface area (Å²) in [6.45, 7) is 1.27. The van der Waals surface area contributed by atoms with Gasteiger partial charge in [0.15, 0.2) is 16.0 Å². The van der Waals surface area contributed by atoms with Crippen LogP contribution < -0.4 is 0 Å². The van der Waals surface area contributed by atoms with E-state index in [2.05, 4.69) is 0 Å². The van der Waals surface area contributed by atoms with Gasteiger partial charge in [0.1, 0.15) is 12.6 Å². The highest BCUT2D eigenvalue weighted by molar-refractivity contribution is 7.91. The Hall–Kier alpha value is -0.200. The van der Waals surface area contributed by atoms with Gasteiger partial charge in [-0.2, -0.15) is 0 Å². The largest absolute Gasteiger partial charge is 0.390 e. The maximum Gasteiger partial charge on any atom is 0.161 e. The SMILES string of the molecule is O=S1(=O)CC[N+]2(CC1)CC(F)CC2CO. The maximum absolute atomic E-state index is 13.3. The molecule has 0 aromatic carbocycles. The molecule has 0 amide bonds. The fraction of sp³-hybridized carbons (Fsp3) is 1.00. The quantitative estimate of drug-likeness (QED) is 0.617. The Morgan fingerprint density at radius 3 is 2.47 bits per heavy atom. The van der Waals surface area contributed by atoms with Gasteiger partial charge < -0.3 is 9.59 Å². The average Bonchev–Trinajstić information content (AvgIpc) is 2.49. The van der Waals surface area contributed by atoms with Gasteiger partial charge in [0.05, 0.1) is 31.2 Å². The van der Waals surface area contributed by atoms with Crippen molar-refractivity contribution in [1.82, 2.24) is 0 Å². The highest BCUT2D eigenvalue weighted by Gasteiger charge is 2.49. The van der Waals surface area contributed by atoms with Crippen LogP contribution in [0.1, 0.15) is 6.42 Å².